The van der Waals surface area contributed by atoms with Crippen LogP contribution in [0.2, 0.25) is 0 Å². The zero-order chi connectivity index (χ0) is 13.8. The van der Waals surface area contributed by atoms with Crippen LogP contribution in [0.3, 0.4) is 0 Å². The Kier molecular flexibility index (Phi) is 2.39. The summed E-state index contributed by atoms with van der Waals surface area (Å²) in [5.74, 6) is 0. The second-order valence-electron chi connectivity index (χ2n) is 5.67. The van der Waals surface area contributed by atoms with E-state index in [-0.39, 0.29) is 13.1 Å². The molecule has 0 spiro atoms. The number of aromatic amines is 1. The third-order valence-electron chi connectivity index (χ3n) is 3.43. The molecule has 19 heavy (non-hydrogen) atoms. The molecule has 3 heterocycles. The minimum absolute atomic E-state index is 0.138. The number of hydrogen-bond donors (Lipinski definition) is 1. The molecule has 0 amide bonds. The van der Waals surface area contributed by atoms with Crippen molar-refractivity contribution < 1.29 is 9.47 Å². The summed E-state index contributed by atoms with van der Waals surface area (Å²) in [5.41, 5.74) is -3.00. The van der Waals surface area contributed by atoms with Crippen molar-refractivity contribution in [2.45, 2.75) is 38.1 Å². The summed E-state index contributed by atoms with van der Waals surface area (Å²) in [6.07, 6.45) is 0. The molecule has 1 aromatic rings. The molecule has 0 saturated carbocycles. The van der Waals surface area contributed by atoms with Gasteiger partial charge in [-0.1, -0.05) is 0 Å². The largest absolute Gasteiger partial charge is 0.368 e. The van der Waals surface area contributed by atoms with Gasteiger partial charge in [-0.25, -0.2) is 23.5 Å². The van der Waals surface area contributed by atoms with Crippen molar-refractivity contribution in [3.8, 4) is 0 Å². The molecule has 2 aliphatic rings. The van der Waals surface area contributed by atoms with Crippen LogP contribution in [0.1, 0.15) is 13.8 Å². The van der Waals surface area contributed by atoms with Gasteiger partial charge >= 0.3 is 17.1 Å². The first-order chi connectivity index (χ1) is 8.82. The number of nitrogens with zero attached hydrogens (tertiary/aromatic N) is 2. The second kappa shape index (κ2) is 3.67. The van der Waals surface area contributed by atoms with Crippen LogP contribution in [0.25, 0.3) is 0 Å². The maximum atomic E-state index is 12.2. The molecule has 0 bridgehead atoms. The first-order valence-electron chi connectivity index (χ1n) is 6.04. The molecule has 8 heteroatoms. The van der Waals surface area contributed by atoms with Crippen LogP contribution in [-0.4, -0.2) is 38.5 Å². The minimum atomic E-state index is -0.704. The molecule has 2 aliphatic heterocycles. The fourth-order valence-corrected chi connectivity index (χ4v) is 1.92. The number of rotatable bonds is 4. The first kappa shape index (κ1) is 12.4. The van der Waals surface area contributed by atoms with Crippen molar-refractivity contribution in [2.24, 2.45) is 0 Å². The highest BCUT2D eigenvalue weighted by Gasteiger charge is 2.42. The maximum absolute atomic E-state index is 12.2. The Hall–Kier alpha value is -1.67. The van der Waals surface area contributed by atoms with Gasteiger partial charge in [-0.2, -0.15) is 0 Å². The Bertz CT molecular complexity index is 634. The van der Waals surface area contributed by atoms with Crippen molar-refractivity contribution in [1.29, 1.82) is 0 Å². The van der Waals surface area contributed by atoms with Gasteiger partial charge in [0.05, 0.1) is 26.3 Å². The zero-order valence-electron chi connectivity index (χ0n) is 10.8. The number of nitrogens with one attached hydrogen (secondary N) is 1. The minimum Gasteiger partial charge on any atom is -0.368 e. The fourth-order valence-electron chi connectivity index (χ4n) is 1.92. The van der Waals surface area contributed by atoms with Crippen molar-refractivity contribution in [3.05, 3.63) is 31.5 Å². The number of ether oxygens (including phenoxy) is 2. The topological polar surface area (TPSA) is 102 Å². The van der Waals surface area contributed by atoms with Crippen LogP contribution in [0.5, 0.6) is 0 Å². The summed E-state index contributed by atoms with van der Waals surface area (Å²) in [7, 11) is 0. The van der Waals surface area contributed by atoms with E-state index in [1.807, 2.05) is 0 Å². The Morgan fingerprint density at radius 1 is 1.00 bits per heavy atom. The number of hydrogen-bond acceptors (Lipinski definition) is 5. The molecular formula is C11H15N3O5. The summed E-state index contributed by atoms with van der Waals surface area (Å²) >= 11 is 0. The molecule has 104 valence electrons. The van der Waals surface area contributed by atoms with E-state index >= 15 is 0 Å². The fraction of sp³-hybridized carbons (Fsp3) is 0.727. The lowest BCUT2D eigenvalue weighted by molar-refractivity contribution is 0.267. The highest BCUT2D eigenvalue weighted by atomic mass is 16.6. The van der Waals surface area contributed by atoms with Crippen LogP contribution in [-0.2, 0) is 22.6 Å². The SMILES string of the molecule is CC1(Cn2c(=O)[nH]c(=O)n(CC3(C)CO3)c2=O)CO1. The normalized spacial score (nSPS) is 32.3. The molecule has 0 aromatic carbocycles. The predicted octanol–water partition coefficient (Wildman–Crippen LogP) is -1.72. The highest BCUT2D eigenvalue weighted by molar-refractivity contribution is 4.92. The van der Waals surface area contributed by atoms with E-state index in [1.54, 1.807) is 13.8 Å². The summed E-state index contributed by atoms with van der Waals surface area (Å²) in [6, 6.07) is 0. The van der Waals surface area contributed by atoms with E-state index in [0.29, 0.717) is 13.2 Å². The summed E-state index contributed by atoms with van der Waals surface area (Å²) in [4.78, 5) is 37.8. The molecule has 8 nitrogen and oxygen atoms in total. The first-order valence-corrected chi connectivity index (χ1v) is 6.04. The molecule has 2 saturated heterocycles. The zero-order valence-corrected chi connectivity index (χ0v) is 10.8. The van der Waals surface area contributed by atoms with Crippen molar-refractivity contribution in [3.63, 3.8) is 0 Å². The second-order valence-corrected chi connectivity index (χ2v) is 5.67. The molecule has 1 aromatic heterocycles. The quantitative estimate of drug-likeness (QED) is 0.655. The van der Waals surface area contributed by atoms with Crippen LogP contribution < -0.4 is 17.1 Å². The smallest absolute Gasteiger partial charge is 0.336 e. The lowest BCUT2D eigenvalue weighted by atomic mass is 10.2. The Labute approximate surface area is 107 Å². The molecule has 2 fully saturated rings. The van der Waals surface area contributed by atoms with Crippen LogP contribution in [0, 0.1) is 0 Å². The van der Waals surface area contributed by atoms with Crippen molar-refractivity contribution in [2.75, 3.05) is 13.2 Å². The lowest BCUT2D eigenvalue weighted by Crippen LogP contribution is -2.52. The Balaban J connectivity index is 2.04. The van der Waals surface area contributed by atoms with Crippen LogP contribution >= 0.6 is 0 Å². The van der Waals surface area contributed by atoms with E-state index in [1.165, 1.54) is 0 Å². The van der Waals surface area contributed by atoms with Gasteiger partial charge in [0.2, 0.25) is 0 Å². The molecule has 0 aliphatic carbocycles. The monoisotopic (exact) mass is 269 g/mol. The number of H-pyrrole nitrogens is 1. The van der Waals surface area contributed by atoms with E-state index in [4.69, 9.17) is 9.47 Å². The average Bonchev–Trinajstić information content (AvgIpc) is 3.22. The van der Waals surface area contributed by atoms with Gasteiger partial charge in [0.25, 0.3) is 0 Å². The van der Waals surface area contributed by atoms with Crippen LogP contribution in [0.4, 0.5) is 0 Å². The molecule has 2 unspecified atom stereocenters. The highest BCUT2D eigenvalue weighted by Crippen LogP contribution is 2.27. The van der Waals surface area contributed by atoms with Crippen molar-refractivity contribution >= 4 is 0 Å². The average molecular weight is 269 g/mol. The molecular weight excluding hydrogens is 254 g/mol. The Morgan fingerprint density at radius 3 is 1.68 bits per heavy atom. The summed E-state index contributed by atoms with van der Waals surface area (Å²) in [5, 5.41) is 0. The standard InChI is InChI=1S/C11H15N3O5/c1-10(5-18-10)3-13-7(15)12-8(16)14(9(13)17)4-11(2)6-19-11/h3-6H2,1-2H3,(H,12,15,16). The van der Waals surface area contributed by atoms with Crippen molar-refractivity contribution in [1.82, 2.24) is 14.1 Å². The van der Waals surface area contributed by atoms with E-state index in [9.17, 15) is 14.4 Å². The van der Waals surface area contributed by atoms with E-state index in [2.05, 4.69) is 4.98 Å². The number of aromatic nitrogens is 3. The molecule has 2 atom stereocenters. The van der Waals surface area contributed by atoms with Gasteiger partial charge in [0.1, 0.15) is 11.2 Å². The van der Waals surface area contributed by atoms with Gasteiger partial charge in [-0.05, 0) is 13.8 Å². The van der Waals surface area contributed by atoms with Gasteiger partial charge in [0.15, 0.2) is 0 Å². The molecule has 0 radical (unpaired) electrons. The van der Waals surface area contributed by atoms with E-state index < -0.39 is 28.3 Å². The molecule has 3 rings (SSSR count). The lowest BCUT2D eigenvalue weighted by Gasteiger charge is -2.12. The van der Waals surface area contributed by atoms with Gasteiger partial charge in [-0.15, -0.1) is 0 Å². The Morgan fingerprint density at radius 2 is 1.37 bits per heavy atom. The third kappa shape index (κ3) is 2.28. The van der Waals surface area contributed by atoms with Gasteiger partial charge in [0, 0.05) is 0 Å². The molecule has 1 N–H and O–H groups in total. The predicted molar refractivity (Wildman–Crippen MR) is 64.3 cm³/mol. The maximum Gasteiger partial charge on any atom is 0.336 e. The number of epoxide rings is 2. The van der Waals surface area contributed by atoms with Crippen LogP contribution in [0.15, 0.2) is 14.4 Å². The van der Waals surface area contributed by atoms with Gasteiger partial charge < -0.3 is 9.47 Å². The van der Waals surface area contributed by atoms with E-state index in [0.717, 1.165) is 9.13 Å². The third-order valence-corrected chi connectivity index (χ3v) is 3.43. The summed E-state index contributed by atoms with van der Waals surface area (Å²) in [6.45, 7) is 4.88. The van der Waals surface area contributed by atoms with Gasteiger partial charge in [-0.3, -0.25) is 4.98 Å². The summed E-state index contributed by atoms with van der Waals surface area (Å²) < 4.78 is 12.3.